The van der Waals surface area contributed by atoms with Gasteiger partial charge in [0.1, 0.15) is 17.6 Å². The van der Waals surface area contributed by atoms with Crippen LogP contribution in [0.5, 0.6) is 0 Å². The van der Waals surface area contributed by atoms with Gasteiger partial charge in [-0.25, -0.2) is 14.8 Å². The molecule has 0 atom stereocenters. The number of pyridine rings is 1. The van der Waals surface area contributed by atoms with Crippen LogP contribution in [0.25, 0.3) is 0 Å². The molecule has 1 saturated heterocycles. The summed E-state index contributed by atoms with van der Waals surface area (Å²) in [7, 11) is 0. The highest BCUT2D eigenvalue weighted by Gasteiger charge is 2.21. The van der Waals surface area contributed by atoms with Crippen molar-refractivity contribution in [1.82, 2.24) is 9.99 Å². The number of hydrogen-bond acceptors (Lipinski definition) is 7. The molecule has 0 bridgehead atoms. The van der Waals surface area contributed by atoms with Crippen molar-refractivity contribution in [3.63, 3.8) is 0 Å². The first-order chi connectivity index (χ1) is 9.08. The van der Waals surface area contributed by atoms with E-state index in [4.69, 9.17) is 9.84 Å². The summed E-state index contributed by atoms with van der Waals surface area (Å²) in [5.74, 6) is -1.11. The average Bonchev–Trinajstić information content (AvgIpc) is 2.39. The molecule has 102 valence electrons. The Morgan fingerprint density at radius 1 is 1.53 bits per heavy atom. The summed E-state index contributed by atoms with van der Waals surface area (Å²) in [4.78, 5) is 24.7. The Morgan fingerprint density at radius 3 is 2.79 bits per heavy atom. The summed E-state index contributed by atoms with van der Waals surface area (Å²) in [5, 5.41) is 21.4. The maximum atomic E-state index is 11.0. The van der Waals surface area contributed by atoms with Crippen molar-refractivity contribution in [3.8, 4) is 0 Å². The molecular formula is C10H12N4O5. The molecule has 2 heterocycles. The van der Waals surface area contributed by atoms with Crippen LogP contribution in [0.1, 0.15) is 10.4 Å². The number of hydrazine groups is 1. The van der Waals surface area contributed by atoms with E-state index in [9.17, 15) is 14.9 Å². The van der Waals surface area contributed by atoms with Gasteiger partial charge in [-0.1, -0.05) is 0 Å². The maximum Gasteiger partial charge on any atom is 0.342 e. The second kappa shape index (κ2) is 5.59. The first-order valence-corrected chi connectivity index (χ1v) is 5.55. The Kier molecular flexibility index (Phi) is 3.88. The molecule has 1 aromatic heterocycles. The molecule has 2 rings (SSSR count). The van der Waals surface area contributed by atoms with E-state index in [2.05, 4.69) is 10.4 Å². The predicted octanol–water partition coefficient (Wildman–Crippen LogP) is 0.347. The van der Waals surface area contributed by atoms with Crippen molar-refractivity contribution in [2.24, 2.45) is 0 Å². The summed E-state index contributed by atoms with van der Waals surface area (Å²) in [6, 6.07) is 1.15. The molecule has 9 nitrogen and oxygen atoms in total. The van der Waals surface area contributed by atoms with Crippen molar-refractivity contribution in [3.05, 3.63) is 27.9 Å². The molecule has 0 saturated carbocycles. The minimum Gasteiger partial charge on any atom is -0.477 e. The largest absolute Gasteiger partial charge is 0.477 e. The summed E-state index contributed by atoms with van der Waals surface area (Å²) in [5.41, 5.74) is 1.98. The van der Waals surface area contributed by atoms with Gasteiger partial charge in [-0.3, -0.25) is 10.1 Å². The lowest BCUT2D eigenvalue weighted by molar-refractivity contribution is -0.385. The Labute approximate surface area is 107 Å². The molecule has 0 aliphatic carbocycles. The number of aromatic nitrogens is 1. The number of nitrogens with one attached hydrogen (secondary N) is 1. The number of hydrogen-bond donors (Lipinski definition) is 2. The van der Waals surface area contributed by atoms with Crippen LogP contribution in [0, 0.1) is 10.1 Å². The molecular weight excluding hydrogens is 256 g/mol. The number of carbonyl (C=O) groups is 1. The third kappa shape index (κ3) is 3.14. The number of nitrogens with zero attached hydrogens (tertiary/aromatic N) is 3. The van der Waals surface area contributed by atoms with Crippen LogP contribution in [0.2, 0.25) is 0 Å². The predicted molar refractivity (Wildman–Crippen MR) is 63.9 cm³/mol. The van der Waals surface area contributed by atoms with Gasteiger partial charge in [-0.05, 0) is 0 Å². The minimum absolute atomic E-state index is 0.255. The van der Waals surface area contributed by atoms with Crippen molar-refractivity contribution in [2.45, 2.75) is 0 Å². The lowest BCUT2D eigenvalue weighted by atomic mass is 10.2. The molecule has 2 N–H and O–H groups in total. The van der Waals surface area contributed by atoms with Crippen molar-refractivity contribution in [1.29, 1.82) is 0 Å². The van der Waals surface area contributed by atoms with E-state index in [0.717, 1.165) is 12.3 Å². The second-order valence-electron chi connectivity index (χ2n) is 3.86. The number of anilines is 1. The fourth-order valence-electron chi connectivity index (χ4n) is 1.66. The Morgan fingerprint density at radius 2 is 2.21 bits per heavy atom. The van der Waals surface area contributed by atoms with E-state index in [0.29, 0.717) is 26.3 Å². The van der Waals surface area contributed by atoms with Crippen LogP contribution in [0.15, 0.2) is 12.3 Å². The van der Waals surface area contributed by atoms with E-state index in [1.165, 1.54) is 0 Å². The van der Waals surface area contributed by atoms with Gasteiger partial charge in [-0.2, -0.15) is 0 Å². The third-order valence-corrected chi connectivity index (χ3v) is 2.59. The lowest BCUT2D eigenvalue weighted by Crippen LogP contribution is -2.40. The Bertz CT molecular complexity index is 501. The summed E-state index contributed by atoms with van der Waals surface area (Å²) < 4.78 is 5.16. The van der Waals surface area contributed by atoms with E-state index in [-0.39, 0.29) is 5.82 Å². The molecule has 0 radical (unpaired) electrons. The van der Waals surface area contributed by atoms with E-state index in [1.807, 2.05) is 5.01 Å². The minimum atomic E-state index is -1.36. The number of morpholine rings is 1. The zero-order valence-corrected chi connectivity index (χ0v) is 9.90. The molecule has 19 heavy (non-hydrogen) atoms. The van der Waals surface area contributed by atoms with Gasteiger partial charge in [0.15, 0.2) is 0 Å². The second-order valence-corrected chi connectivity index (χ2v) is 3.86. The number of rotatable bonds is 4. The van der Waals surface area contributed by atoms with Crippen LogP contribution in [-0.4, -0.2) is 52.3 Å². The fourth-order valence-corrected chi connectivity index (χ4v) is 1.66. The van der Waals surface area contributed by atoms with Gasteiger partial charge in [-0.15, -0.1) is 0 Å². The van der Waals surface area contributed by atoms with E-state index in [1.54, 1.807) is 0 Å². The SMILES string of the molecule is O=C(O)c1cc(NN2CCOCC2)ncc1[N+](=O)[O-]. The van der Waals surface area contributed by atoms with Gasteiger partial charge >= 0.3 is 11.7 Å². The monoisotopic (exact) mass is 268 g/mol. The van der Waals surface area contributed by atoms with Gasteiger partial charge in [0.2, 0.25) is 0 Å². The summed E-state index contributed by atoms with van der Waals surface area (Å²) >= 11 is 0. The number of aromatic carboxylic acids is 1. The quantitative estimate of drug-likeness (QED) is 0.593. The maximum absolute atomic E-state index is 11.0. The molecule has 1 aliphatic heterocycles. The first-order valence-electron chi connectivity index (χ1n) is 5.55. The Hall–Kier alpha value is -2.26. The lowest BCUT2D eigenvalue weighted by Gasteiger charge is -2.27. The molecule has 1 fully saturated rings. The molecule has 0 spiro atoms. The smallest absolute Gasteiger partial charge is 0.342 e. The van der Waals surface area contributed by atoms with Gasteiger partial charge in [0.05, 0.1) is 18.1 Å². The van der Waals surface area contributed by atoms with E-state index >= 15 is 0 Å². The highest BCUT2D eigenvalue weighted by Crippen LogP contribution is 2.20. The highest BCUT2D eigenvalue weighted by molar-refractivity contribution is 5.93. The third-order valence-electron chi connectivity index (χ3n) is 2.59. The van der Waals surface area contributed by atoms with Gasteiger partial charge < -0.3 is 15.3 Å². The molecule has 1 aliphatic rings. The standard InChI is InChI=1S/C10H12N4O5/c15-10(16)7-5-9(11-6-8(7)14(17)18)12-13-1-3-19-4-2-13/h5-6H,1-4H2,(H,11,12)(H,15,16). The Balaban J connectivity index is 2.20. The van der Waals surface area contributed by atoms with Crippen LogP contribution >= 0.6 is 0 Å². The molecule has 0 unspecified atom stereocenters. The van der Waals surface area contributed by atoms with E-state index < -0.39 is 22.1 Å². The van der Waals surface area contributed by atoms with Crippen molar-refractivity contribution < 1.29 is 19.6 Å². The van der Waals surface area contributed by atoms with Crippen LogP contribution < -0.4 is 5.43 Å². The number of carboxylic acid groups (broad SMARTS) is 1. The topological polar surface area (TPSA) is 118 Å². The number of carboxylic acids is 1. The number of nitro groups is 1. The number of ether oxygens (including phenoxy) is 1. The summed E-state index contributed by atoms with van der Waals surface area (Å²) in [6.45, 7) is 2.37. The molecule has 1 aromatic rings. The van der Waals surface area contributed by atoms with Gasteiger partial charge in [0, 0.05) is 19.2 Å². The zero-order chi connectivity index (χ0) is 13.8. The molecule has 0 aromatic carbocycles. The van der Waals surface area contributed by atoms with Crippen LogP contribution in [0.3, 0.4) is 0 Å². The zero-order valence-electron chi connectivity index (χ0n) is 9.90. The van der Waals surface area contributed by atoms with Crippen LogP contribution in [0.4, 0.5) is 11.5 Å². The highest BCUT2D eigenvalue weighted by atomic mass is 16.6. The first kappa shape index (κ1) is 13.2. The normalized spacial score (nSPS) is 16.0. The fraction of sp³-hybridized carbons (Fsp3) is 0.400. The van der Waals surface area contributed by atoms with Crippen LogP contribution in [-0.2, 0) is 4.74 Å². The van der Waals surface area contributed by atoms with Crippen molar-refractivity contribution >= 4 is 17.5 Å². The van der Waals surface area contributed by atoms with Gasteiger partial charge in [0.25, 0.3) is 0 Å². The average molecular weight is 268 g/mol. The molecule has 0 amide bonds. The molecule has 9 heteroatoms. The van der Waals surface area contributed by atoms with Crippen molar-refractivity contribution in [2.75, 3.05) is 31.7 Å². The summed E-state index contributed by atoms with van der Waals surface area (Å²) in [6.07, 6.45) is 0.937.